The Morgan fingerprint density at radius 2 is 1.87 bits per heavy atom. The molecule has 1 atom stereocenters. The number of aromatic nitrogens is 6. The van der Waals surface area contributed by atoms with Crippen molar-refractivity contribution in [2.75, 3.05) is 0 Å². The number of hydrogen-bond acceptors (Lipinski definition) is 6. The molecule has 3 rings (SSSR count). The first-order valence-electron chi connectivity index (χ1n) is 8.69. The monoisotopic (exact) mass is 446 g/mol. The van der Waals surface area contributed by atoms with Crippen LogP contribution in [-0.2, 0) is 18.7 Å². The highest BCUT2D eigenvalue weighted by Crippen LogP contribution is 2.24. The van der Waals surface area contributed by atoms with Gasteiger partial charge in [0.05, 0.1) is 6.54 Å². The van der Waals surface area contributed by atoms with E-state index in [0.717, 1.165) is 9.25 Å². The minimum Gasteiger partial charge on any atom is -0.382 e. The van der Waals surface area contributed by atoms with Crippen LogP contribution in [0.1, 0.15) is 25.5 Å². The van der Waals surface area contributed by atoms with Gasteiger partial charge >= 0.3 is 11.9 Å². The number of aromatic amines is 1. The van der Waals surface area contributed by atoms with Gasteiger partial charge in [-0.1, -0.05) is 11.6 Å². The van der Waals surface area contributed by atoms with Crippen molar-refractivity contribution in [1.29, 1.82) is 0 Å². The van der Waals surface area contributed by atoms with E-state index < -0.39 is 30.1 Å². The third-order valence-electron chi connectivity index (χ3n) is 4.14. The molecule has 13 heteroatoms. The van der Waals surface area contributed by atoms with Crippen LogP contribution in [0.5, 0.6) is 0 Å². The van der Waals surface area contributed by atoms with Crippen molar-refractivity contribution in [1.82, 2.24) is 29.5 Å². The number of alkyl halides is 3. The zero-order chi connectivity index (χ0) is 22.3. The minimum atomic E-state index is -4.91. The molecule has 3 aromatic rings. The average molecular weight is 447 g/mol. The van der Waals surface area contributed by atoms with E-state index in [2.05, 4.69) is 20.3 Å². The Kier molecular flexibility index (Phi) is 5.76. The third-order valence-corrected chi connectivity index (χ3v) is 4.39. The van der Waals surface area contributed by atoms with Gasteiger partial charge in [0.1, 0.15) is 18.0 Å². The van der Waals surface area contributed by atoms with E-state index in [9.17, 15) is 28.2 Å². The lowest BCUT2D eigenvalue weighted by Crippen LogP contribution is -2.37. The molecule has 0 fully saturated rings. The third kappa shape index (κ3) is 4.71. The molecule has 0 bridgehead atoms. The smallest absolute Gasteiger partial charge is 0.382 e. The molecule has 2 aromatic heterocycles. The minimum absolute atomic E-state index is 0.0791. The largest absolute Gasteiger partial charge is 0.416 e. The predicted octanol–water partition coefficient (Wildman–Crippen LogP) is 1.68. The van der Waals surface area contributed by atoms with Crippen LogP contribution < -0.4 is 5.69 Å². The summed E-state index contributed by atoms with van der Waals surface area (Å²) < 4.78 is 40.2. The maximum Gasteiger partial charge on any atom is 0.416 e. The van der Waals surface area contributed by atoms with Gasteiger partial charge in [0, 0.05) is 10.6 Å². The maximum absolute atomic E-state index is 12.9. The van der Waals surface area contributed by atoms with E-state index >= 15 is 0 Å². The fourth-order valence-corrected chi connectivity index (χ4v) is 2.71. The molecule has 9 nitrogen and oxygen atoms in total. The summed E-state index contributed by atoms with van der Waals surface area (Å²) in [6.45, 7) is 1.67. The van der Waals surface area contributed by atoms with Gasteiger partial charge in [-0.05, 0) is 38.1 Å². The van der Waals surface area contributed by atoms with Gasteiger partial charge in [-0.15, -0.1) is 5.10 Å². The molecule has 3 N–H and O–H groups in total. The summed E-state index contributed by atoms with van der Waals surface area (Å²) in [5.74, 6) is 0.162. The summed E-state index contributed by atoms with van der Waals surface area (Å²) in [5, 5.41) is 30.3. The molecule has 0 spiro atoms. The Bertz CT molecular complexity index is 1080. The number of nitrogens with one attached hydrogen (secondary N) is 1. The van der Waals surface area contributed by atoms with Crippen LogP contribution in [0.25, 0.3) is 11.4 Å². The van der Waals surface area contributed by atoms with Gasteiger partial charge in [0.2, 0.25) is 0 Å². The summed E-state index contributed by atoms with van der Waals surface area (Å²) in [5.41, 5.74) is -1.88. The molecule has 0 aliphatic rings. The quantitative estimate of drug-likeness (QED) is 0.529. The fourth-order valence-electron chi connectivity index (χ4n) is 2.58. The summed E-state index contributed by atoms with van der Waals surface area (Å²) in [7, 11) is 0. The number of nitrogens with zero attached hydrogens (tertiary/aromatic N) is 5. The Labute approximate surface area is 172 Å². The first kappa shape index (κ1) is 22.0. The van der Waals surface area contributed by atoms with Crippen molar-refractivity contribution < 1.29 is 23.4 Å². The number of halogens is 4. The van der Waals surface area contributed by atoms with Crippen molar-refractivity contribution in [2.45, 2.75) is 44.8 Å². The Hall–Kier alpha value is -2.70. The fraction of sp³-hybridized carbons (Fsp3) is 0.412. The van der Waals surface area contributed by atoms with Gasteiger partial charge in [-0.2, -0.15) is 18.3 Å². The second kappa shape index (κ2) is 7.85. The molecule has 0 saturated heterocycles. The molecule has 162 valence electrons. The highest BCUT2D eigenvalue weighted by atomic mass is 35.5. The van der Waals surface area contributed by atoms with Crippen LogP contribution in [0.2, 0.25) is 5.02 Å². The second-order valence-electron chi connectivity index (χ2n) is 7.10. The van der Waals surface area contributed by atoms with E-state index in [0.29, 0.717) is 10.6 Å². The van der Waals surface area contributed by atoms with Crippen molar-refractivity contribution >= 4 is 11.6 Å². The van der Waals surface area contributed by atoms with Gasteiger partial charge in [0.25, 0.3) is 0 Å². The lowest BCUT2D eigenvalue weighted by molar-refractivity contribution is -0.207. The van der Waals surface area contributed by atoms with E-state index in [-0.39, 0.29) is 24.0 Å². The average Bonchev–Trinajstić information content (AvgIpc) is 3.22. The SMILES string of the molecule is CC(C)(O)c1n[nH]c(Cn2nc(-c3ccc(Cl)cc3)n(C[C@H](O)C(F)(F)F)c2=O)n1. The first-order chi connectivity index (χ1) is 13.9. The number of aliphatic hydroxyl groups is 2. The van der Waals surface area contributed by atoms with Crippen LogP contribution >= 0.6 is 11.6 Å². The molecule has 0 aliphatic carbocycles. The zero-order valence-corrected chi connectivity index (χ0v) is 16.6. The van der Waals surface area contributed by atoms with E-state index in [4.69, 9.17) is 11.6 Å². The van der Waals surface area contributed by atoms with E-state index in [1.54, 1.807) is 0 Å². The molecule has 30 heavy (non-hydrogen) atoms. The second-order valence-corrected chi connectivity index (χ2v) is 7.54. The Morgan fingerprint density at radius 1 is 1.23 bits per heavy atom. The number of hydrogen-bond donors (Lipinski definition) is 3. The molecular formula is C17H18ClF3N6O3. The summed E-state index contributed by atoms with van der Waals surface area (Å²) in [6, 6.07) is 5.98. The lowest BCUT2D eigenvalue weighted by Gasteiger charge is -2.15. The summed E-state index contributed by atoms with van der Waals surface area (Å²) >= 11 is 5.84. The van der Waals surface area contributed by atoms with Crippen LogP contribution in [-0.4, -0.2) is 52.0 Å². The highest BCUT2D eigenvalue weighted by molar-refractivity contribution is 6.30. The molecule has 2 heterocycles. The van der Waals surface area contributed by atoms with Gasteiger partial charge < -0.3 is 10.2 Å². The van der Waals surface area contributed by atoms with Crippen LogP contribution in [0.15, 0.2) is 29.1 Å². The van der Waals surface area contributed by atoms with Crippen molar-refractivity contribution in [3.8, 4) is 11.4 Å². The van der Waals surface area contributed by atoms with E-state index in [1.807, 2.05) is 0 Å². The van der Waals surface area contributed by atoms with Gasteiger partial charge in [-0.25, -0.2) is 14.5 Å². The van der Waals surface area contributed by atoms with Crippen molar-refractivity contribution in [3.05, 3.63) is 51.4 Å². The van der Waals surface area contributed by atoms with Gasteiger partial charge in [-0.3, -0.25) is 9.67 Å². The molecular weight excluding hydrogens is 429 g/mol. The first-order valence-corrected chi connectivity index (χ1v) is 9.06. The summed E-state index contributed by atoms with van der Waals surface area (Å²) in [4.78, 5) is 16.8. The van der Waals surface area contributed by atoms with Crippen LogP contribution in [0.3, 0.4) is 0 Å². The van der Waals surface area contributed by atoms with Crippen molar-refractivity contribution in [2.24, 2.45) is 0 Å². The van der Waals surface area contributed by atoms with Crippen LogP contribution in [0, 0.1) is 0 Å². The predicted molar refractivity (Wildman–Crippen MR) is 99.7 cm³/mol. The topological polar surface area (TPSA) is 122 Å². The molecule has 0 radical (unpaired) electrons. The zero-order valence-electron chi connectivity index (χ0n) is 15.9. The molecule has 0 amide bonds. The number of aliphatic hydroxyl groups excluding tert-OH is 1. The number of H-pyrrole nitrogens is 1. The Morgan fingerprint density at radius 3 is 2.40 bits per heavy atom. The molecule has 0 saturated carbocycles. The van der Waals surface area contributed by atoms with E-state index in [1.165, 1.54) is 38.1 Å². The molecule has 1 aromatic carbocycles. The van der Waals surface area contributed by atoms with Crippen LogP contribution in [0.4, 0.5) is 13.2 Å². The molecule has 0 aliphatic heterocycles. The summed E-state index contributed by atoms with van der Waals surface area (Å²) in [6.07, 6.45) is -7.67. The standard InChI is InChI=1S/C17H18ClF3N6O3/c1-16(2,30)14-22-12(23-24-14)8-27-15(29)26(7-11(28)17(19,20)21)13(25-27)9-3-5-10(18)6-4-9/h3-6,11,28,30H,7-8H2,1-2H3,(H,22,23,24)/t11-/m0/s1. The van der Waals surface area contributed by atoms with Crippen molar-refractivity contribution in [3.63, 3.8) is 0 Å². The van der Waals surface area contributed by atoms with Gasteiger partial charge in [0.15, 0.2) is 17.8 Å². The molecule has 0 unspecified atom stereocenters. The highest BCUT2D eigenvalue weighted by Gasteiger charge is 2.39. The maximum atomic E-state index is 12.9. The Balaban J connectivity index is 2.02. The lowest BCUT2D eigenvalue weighted by atomic mass is 10.1. The number of benzene rings is 1. The number of rotatable bonds is 6. The normalized spacial score (nSPS) is 13.6.